The van der Waals surface area contributed by atoms with Crippen molar-refractivity contribution in [3.8, 4) is 0 Å². The zero-order chi connectivity index (χ0) is 32.5. The standard InChI is InChI=1S/C33H40Cl2N4O6/c1-32(2,3)45-31(43)39-11-5-6-20-7-8-25(36-29(20)39)9-10-27(40)38-18-33(19-38)16-22(17-33)30(42)37-26(15-28(41)44-4)21-12-23(34)14-24(35)13-21/h7-8,12-14,22,26H,5-6,9-11,15-19H2,1-4H3,(H,37,42)/t26-/m0/s1. The second-order valence-corrected chi connectivity index (χ2v) is 14.3. The van der Waals surface area contributed by atoms with Gasteiger partial charge < -0.3 is 19.7 Å². The molecule has 10 nitrogen and oxygen atoms in total. The van der Waals surface area contributed by atoms with E-state index in [1.807, 2.05) is 37.8 Å². The van der Waals surface area contributed by atoms with Crippen molar-refractivity contribution in [1.29, 1.82) is 0 Å². The lowest BCUT2D eigenvalue weighted by molar-refractivity contribution is -0.160. The highest BCUT2D eigenvalue weighted by molar-refractivity contribution is 6.34. The number of anilines is 1. The van der Waals surface area contributed by atoms with Crippen LogP contribution in [0.25, 0.3) is 0 Å². The Hall–Kier alpha value is -3.37. The first-order valence-corrected chi connectivity index (χ1v) is 16.1. The van der Waals surface area contributed by atoms with E-state index >= 15 is 0 Å². The number of benzene rings is 1. The molecular weight excluding hydrogens is 619 g/mol. The van der Waals surface area contributed by atoms with Gasteiger partial charge in [-0.15, -0.1) is 0 Å². The van der Waals surface area contributed by atoms with Gasteiger partial charge in [0, 0.05) is 53.1 Å². The van der Waals surface area contributed by atoms with E-state index in [0.717, 1.165) is 24.1 Å². The highest BCUT2D eigenvalue weighted by Gasteiger charge is 2.55. The molecule has 3 heterocycles. The average molecular weight is 660 g/mol. The van der Waals surface area contributed by atoms with E-state index in [-0.39, 0.29) is 29.6 Å². The number of hydrogen-bond donors (Lipinski definition) is 1. The zero-order valence-electron chi connectivity index (χ0n) is 26.2. The normalized spacial score (nSPS) is 17.9. The summed E-state index contributed by atoms with van der Waals surface area (Å²) in [7, 11) is 1.30. The number of likely N-dealkylation sites (tertiary alicyclic amines) is 1. The molecule has 1 aromatic heterocycles. The van der Waals surface area contributed by atoms with Crippen LogP contribution in [0.2, 0.25) is 10.0 Å². The van der Waals surface area contributed by atoms with Crippen LogP contribution in [-0.2, 0) is 36.7 Å². The number of hydrogen-bond acceptors (Lipinski definition) is 7. The van der Waals surface area contributed by atoms with Gasteiger partial charge in [-0.3, -0.25) is 19.3 Å². The number of fused-ring (bicyclic) bond motifs is 1. The quantitative estimate of drug-likeness (QED) is 0.363. The molecule has 242 valence electrons. The maximum Gasteiger partial charge on any atom is 0.416 e. The van der Waals surface area contributed by atoms with Crippen LogP contribution < -0.4 is 10.2 Å². The third-order valence-corrected chi connectivity index (χ3v) is 9.08. The van der Waals surface area contributed by atoms with E-state index < -0.39 is 23.7 Å². The van der Waals surface area contributed by atoms with Crippen molar-refractivity contribution in [3.63, 3.8) is 0 Å². The number of ether oxygens (including phenoxy) is 2. The number of methoxy groups -OCH3 is 1. The molecule has 3 aliphatic rings. The van der Waals surface area contributed by atoms with Gasteiger partial charge >= 0.3 is 12.1 Å². The Kier molecular flexibility index (Phi) is 9.65. The minimum absolute atomic E-state index is 0.0445. The molecule has 5 rings (SSSR count). The molecule has 0 bridgehead atoms. The average Bonchev–Trinajstić information content (AvgIpc) is 2.92. The van der Waals surface area contributed by atoms with Gasteiger partial charge in [-0.1, -0.05) is 29.3 Å². The number of esters is 1. The Morgan fingerprint density at radius 2 is 1.78 bits per heavy atom. The number of aromatic nitrogens is 1. The van der Waals surface area contributed by atoms with E-state index in [9.17, 15) is 19.2 Å². The molecule has 2 aromatic rings. The molecule has 45 heavy (non-hydrogen) atoms. The number of amides is 3. The van der Waals surface area contributed by atoms with Crippen molar-refractivity contribution in [1.82, 2.24) is 15.2 Å². The molecule has 1 atom stereocenters. The van der Waals surface area contributed by atoms with Crippen LogP contribution in [0.4, 0.5) is 10.6 Å². The van der Waals surface area contributed by atoms with Gasteiger partial charge in [0.05, 0.1) is 19.6 Å². The number of nitrogens with zero attached hydrogens (tertiary/aromatic N) is 3. The molecule has 3 amide bonds. The van der Waals surface area contributed by atoms with Crippen molar-refractivity contribution in [3.05, 3.63) is 57.2 Å². The number of aryl methyl sites for hydroxylation is 2. The molecule has 1 aliphatic carbocycles. The molecule has 12 heteroatoms. The Bertz CT molecular complexity index is 1460. The number of halogens is 2. The van der Waals surface area contributed by atoms with Crippen molar-refractivity contribution >= 4 is 52.9 Å². The van der Waals surface area contributed by atoms with E-state index in [2.05, 4.69) is 5.32 Å². The van der Waals surface area contributed by atoms with Crippen LogP contribution in [0.3, 0.4) is 0 Å². The fraction of sp³-hybridized carbons (Fsp3) is 0.545. The monoisotopic (exact) mass is 658 g/mol. The Morgan fingerprint density at radius 1 is 1.09 bits per heavy atom. The first-order chi connectivity index (χ1) is 21.2. The lowest BCUT2D eigenvalue weighted by Gasteiger charge is -2.58. The maximum atomic E-state index is 13.1. The summed E-state index contributed by atoms with van der Waals surface area (Å²) >= 11 is 12.3. The summed E-state index contributed by atoms with van der Waals surface area (Å²) < 4.78 is 10.4. The van der Waals surface area contributed by atoms with Crippen LogP contribution in [0.15, 0.2) is 30.3 Å². The molecule has 0 radical (unpaired) electrons. The number of carbonyl (C=O) groups is 4. The molecule has 2 fully saturated rings. The lowest BCUT2D eigenvalue weighted by Crippen LogP contribution is -2.65. The maximum absolute atomic E-state index is 13.1. The molecule has 1 saturated heterocycles. The summed E-state index contributed by atoms with van der Waals surface area (Å²) in [5.74, 6) is -0.137. The highest BCUT2D eigenvalue weighted by Crippen LogP contribution is 2.52. The van der Waals surface area contributed by atoms with Gasteiger partial charge in [-0.25, -0.2) is 9.78 Å². The second kappa shape index (κ2) is 13.2. The SMILES string of the molecule is COC(=O)C[C@H](NC(=O)C1CC2(C1)CN(C(=O)CCc1ccc3c(n1)N(C(=O)OC(C)(C)C)CCC3)C2)c1cc(Cl)cc(Cl)c1. The van der Waals surface area contributed by atoms with Gasteiger partial charge in [0.25, 0.3) is 0 Å². The highest BCUT2D eigenvalue weighted by atomic mass is 35.5. The summed E-state index contributed by atoms with van der Waals surface area (Å²) in [5.41, 5.74) is 1.74. The lowest BCUT2D eigenvalue weighted by atomic mass is 9.57. The fourth-order valence-corrected chi connectivity index (χ4v) is 6.99. The number of pyridine rings is 1. The third kappa shape index (κ3) is 7.90. The molecule has 1 aromatic carbocycles. The van der Waals surface area contributed by atoms with E-state index in [1.54, 1.807) is 23.1 Å². The first-order valence-electron chi connectivity index (χ1n) is 15.3. The summed E-state index contributed by atoms with van der Waals surface area (Å²) in [4.78, 5) is 59.2. The number of carbonyl (C=O) groups excluding carboxylic acids is 4. The van der Waals surface area contributed by atoms with Crippen LogP contribution in [-0.4, -0.2) is 66.1 Å². The van der Waals surface area contributed by atoms with Gasteiger partial charge in [-0.05, 0) is 88.3 Å². The summed E-state index contributed by atoms with van der Waals surface area (Å²) in [6.45, 7) is 7.31. The predicted octanol–water partition coefficient (Wildman–Crippen LogP) is 5.67. The topological polar surface area (TPSA) is 118 Å². The molecule has 1 spiro atoms. The van der Waals surface area contributed by atoms with Gasteiger partial charge in [0.1, 0.15) is 11.4 Å². The summed E-state index contributed by atoms with van der Waals surface area (Å²) in [5, 5.41) is 3.80. The summed E-state index contributed by atoms with van der Waals surface area (Å²) in [6, 6.07) is 8.25. The fourth-order valence-electron chi connectivity index (χ4n) is 6.44. The Balaban J connectivity index is 1.11. The van der Waals surface area contributed by atoms with Crippen molar-refractivity contribution in [2.45, 2.75) is 77.4 Å². The second-order valence-electron chi connectivity index (χ2n) is 13.4. The minimum Gasteiger partial charge on any atom is -0.469 e. The molecule has 2 aliphatic heterocycles. The van der Waals surface area contributed by atoms with Gasteiger partial charge in [-0.2, -0.15) is 0 Å². The van der Waals surface area contributed by atoms with Gasteiger partial charge in [0.15, 0.2) is 0 Å². The zero-order valence-corrected chi connectivity index (χ0v) is 27.7. The van der Waals surface area contributed by atoms with E-state index in [4.69, 9.17) is 37.7 Å². The number of rotatable bonds is 8. The molecule has 1 N–H and O–H groups in total. The van der Waals surface area contributed by atoms with Crippen molar-refractivity contribution < 1.29 is 28.7 Å². The molecule has 0 unspecified atom stereocenters. The van der Waals surface area contributed by atoms with Crippen molar-refractivity contribution in [2.24, 2.45) is 11.3 Å². The van der Waals surface area contributed by atoms with Crippen LogP contribution in [0.1, 0.15) is 75.7 Å². The summed E-state index contributed by atoms with van der Waals surface area (Å²) in [6.07, 6.45) is 3.38. The smallest absolute Gasteiger partial charge is 0.416 e. The van der Waals surface area contributed by atoms with E-state index in [1.165, 1.54) is 7.11 Å². The largest absolute Gasteiger partial charge is 0.469 e. The first kappa shape index (κ1) is 33.0. The Morgan fingerprint density at radius 3 is 2.42 bits per heavy atom. The molecule has 1 saturated carbocycles. The number of nitrogens with one attached hydrogen (secondary N) is 1. The molecular formula is C33H40Cl2N4O6. The van der Waals surface area contributed by atoms with Gasteiger partial charge in [0.2, 0.25) is 11.8 Å². The van der Waals surface area contributed by atoms with E-state index in [0.29, 0.717) is 66.7 Å². The minimum atomic E-state index is -0.620. The Labute approximate surface area is 273 Å². The predicted molar refractivity (Wildman–Crippen MR) is 170 cm³/mol. The van der Waals surface area contributed by atoms with Crippen LogP contribution in [0.5, 0.6) is 0 Å². The van der Waals surface area contributed by atoms with Crippen LogP contribution >= 0.6 is 23.2 Å². The van der Waals surface area contributed by atoms with Crippen molar-refractivity contribution in [2.75, 3.05) is 31.6 Å². The van der Waals surface area contributed by atoms with Crippen LogP contribution in [0, 0.1) is 11.3 Å². The third-order valence-electron chi connectivity index (χ3n) is 8.64.